The highest BCUT2D eigenvalue weighted by Gasteiger charge is 2.33. The molecule has 0 amide bonds. The number of fused-ring (bicyclic) bond motifs is 1. The lowest BCUT2D eigenvalue weighted by atomic mass is 10.0. The summed E-state index contributed by atoms with van der Waals surface area (Å²) >= 11 is 0. The zero-order valence-corrected chi connectivity index (χ0v) is 9.98. The van der Waals surface area contributed by atoms with E-state index in [9.17, 15) is 0 Å². The fourth-order valence-electron chi connectivity index (χ4n) is 2.06. The Labute approximate surface area is 99.4 Å². The van der Waals surface area contributed by atoms with Gasteiger partial charge in [0.2, 0.25) is 0 Å². The van der Waals surface area contributed by atoms with Crippen molar-refractivity contribution in [3.05, 3.63) is 23.5 Å². The Hall–Kier alpha value is -1.33. The second kappa shape index (κ2) is 3.61. The molecule has 0 bridgehead atoms. The molecule has 1 aliphatic rings. The summed E-state index contributed by atoms with van der Waals surface area (Å²) in [4.78, 5) is 0. The molecule has 2 aromatic heterocycles. The minimum atomic E-state index is -0.0133. The molecule has 0 aliphatic carbocycles. The minimum Gasteiger partial charge on any atom is -0.302 e. The molecule has 2 aromatic rings. The first-order valence-corrected chi connectivity index (χ1v) is 5.01. The van der Waals surface area contributed by atoms with E-state index >= 15 is 0 Å². The van der Waals surface area contributed by atoms with Crippen molar-refractivity contribution in [1.29, 1.82) is 0 Å². The predicted molar refractivity (Wildman–Crippen MR) is 63.3 cm³/mol. The molecule has 6 heteroatoms. The Kier molecular flexibility index (Phi) is 2.52. The lowest BCUT2D eigenvalue weighted by molar-refractivity contribution is 0.429. The Morgan fingerprint density at radius 1 is 1.31 bits per heavy atom. The van der Waals surface area contributed by atoms with Gasteiger partial charge in [-0.25, -0.2) is 0 Å². The van der Waals surface area contributed by atoms with Crippen LogP contribution in [-0.4, -0.2) is 20.4 Å². The van der Waals surface area contributed by atoms with Gasteiger partial charge in [0, 0.05) is 18.3 Å². The fourth-order valence-corrected chi connectivity index (χ4v) is 2.06. The van der Waals surface area contributed by atoms with Crippen molar-refractivity contribution in [2.24, 2.45) is 0 Å². The van der Waals surface area contributed by atoms with E-state index in [0.717, 1.165) is 17.9 Å². The van der Waals surface area contributed by atoms with Crippen molar-refractivity contribution < 1.29 is 0 Å². The molecule has 86 valence electrons. The van der Waals surface area contributed by atoms with Crippen LogP contribution in [0.4, 0.5) is 0 Å². The number of rotatable bonds is 1. The number of hydrogen-bond acceptors (Lipinski definition) is 3. The van der Waals surface area contributed by atoms with Crippen LogP contribution in [0.2, 0.25) is 0 Å². The van der Waals surface area contributed by atoms with E-state index in [4.69, 9.17) is 0 Å². The molecular weight excluding hydrogens is 226 g/mol. The molecule has 5 nitrogen and oxygen atoms in total. The molecular formula is C10H14ClN5. The maximum atomic E-state index is 4.34. The third-order valence-electron chi connectivity index (χ3n) is 2.96. The lowest BCUT2D eigenvalue weighted by Gasteiger charge is -2.17. The van der Waals surface area contributed by atoms with E-state index in [2.05, 4.69) is 39.6 Å². The Morgan fingerprint density at radius 3 is 2.81 bits per heavy atom. The number of H-pyrrole nitrogens is 2. The number of aromatic amines is 2. The average molecular weight is 240 g/mol. The topological polar surface area (TPSA) is 69.4 Å². The highest BCUT2D eigenvalue weighted by molar-refractivity contribution is 5.85. The standard InChI is InChI=1S/C10H13N5.ClH/c1-10(2)9-6(5-11-10)8(14-15-9)7-3-4-12-13-7;/h3-4,11H,5H2,1-2H3,(H,12,13)(H,14,15);1H. The van der Waals surface area contributed by atoms with Gasteiger partial charge >= 0.3 is 0 Å². The number of hydrogen-bond donors (Lipinski definition) is 3. The van der Waals surface area contributed by atoms with Gasteiger partial charge in [0.1, 0.15) is 5.69 Å². The minimum absolute atomic E-state index is 0. The number of nitrogens with zero attached hydrogens (tertiary/aromatic N) is 2. The molecule has 3 heterocycles. The van der Waals surface area contributed by atoms with E-state index in [1.807, 2.05) is 6.07 Å². The van der Waals surface area contributed by atoms with Gasteiger partial charge in [-0.3, -0.25) is 10.2 Å². The van der Waals surface area contributed by atoms with Gasteiger partial charge in [-0.2, -0.15) is 10.2 Å². The Morgan fingerprint density at radius 2 is 2.12 bits per heavy atom. The molecule has 0 radical (unpaired) electrons. The van der Waals surface area contributed by atoms with Crippen LogP contribution in [0.25, 0.3) is 11.4 Å². The van der Waals surface area contributed by atoms with Gasteiger partial charge in [0.05, 0.1) is 16.9 Å². The van der Waals surface area contributed by atoms with Gasteiger partial charge in [0.15, 0.2) is 0 Å². The zero-order chi connectivity index (χ0) is 10.5. The number of nitrogens with one attached hydrogen (secondary N) is 3. The Balaban J connectivity index is 0.000000963. The average Bonchev–Trinajstić information content (AvgIpc) is 2.85. The molecule has 1 aliphatic heterocycles. The van der Waals surface area contributed by atoms with Crippen molar-refractivity contribution in [2.45, 2.75) is 25.9 Å². The van der Waals surface area contributed by atoms with Crippen LogP contribution >= 0.6 is 12.4 Å². The lowest BCUT2D eigenvalue weighted by Crippen LogP contribution is -2.29. The molecule has 16 heavy (non-hydrogen) atoms. The third kappa shape index (κ3) is 1.44. The van der Waals surface area contributed by atoms with Crippen molar-refractivity contribution in [1.82, 2.24) is 25.7 Å². The van der Waals surface area contributed by atoms with Crippen molar-refractivity contribution in [3.8, 4) is 11.4 Å². The fraction of sp³-hybridized carbons (Fsp3) is 0.400. The van der Waals surface area contributed by atoms with E-state index in [1.54, 1.807) is 6.20 Å². The maximum absolute atomic E-state index is 4.34. The Bertz CT molecular complexity index is 485. The molecule has 0 spiro atoms. The van der Waals surface area contributed by atoms with E-state index in [-0.39, 0.29) is 17.9 Å². The molecule has 0 unspecified atom stereocenters. The summed E-state index contributed by atoms with van der Waals surface area (Å²) < 4.78 is 0. The van der Waals surface area contributed by atoms with Gasteiger partial charge in [-0.05, 0) is 19.9 Å². The van der Waals surface area contributed by atoms with Gasteiger partial charge < -0.3 is 5.32 Å². The van der Waals surface area contributed by atoms with Crippen LogP contribution in [-0.2, 0) is 12.1 Å². The predicted octanol–water partition coefficient (Wildman–Crippen LogP) is 1.56. The van der Waals surface area contributed by atoms with Crippen LogP contribution < -0.4 is 5.32 Å². The number of halogens is 1. The first kappa shape index (κ1) is 11.2. The van der Waals surface area contributed by atoms with E-state index < -0.39 is 0 Å². The highest BCUT2D eigenvalue weighted by atomic mass is 35.5. The SMILES string of the molecule is CC1(C)NCc2c(-c3ccn[nH]3)n[nH]c21.Cl. The summed E-state index contributed by atoms with van der Waals surface area (Å²) in [5, 5.41) is 17.8. The van der Waals surface area contributed by atoms with E-state index in [0.29, 0.717) is 0 Å². The largest absolute Gasteiger partial charge is 0.302 e. The van der Waals surface area contributed by atoms with Crippen LogP contribution in [0.3, 0.4) is 0 Å². The molecule has 3 rings (SSSR count). The second-order valence-electron chi connectivity index (χ2n) is 4.37. The van der Waals surface area contributed by atoms with Crippen molar-refractivity contribution >= 4 is 12.4 Å². The van der Waals surface area contributed by atoms with Crippen LogP contribution in [0.15, 0.2) is 12.3 Å². The summed E-state index contributed by atoms with van der Waals surface area (Å²) in [6.45, 7) is 5.15. The zero-order valence-electron chi connectivity index (χ0n) is 9.16. The second-order valence-corrected chi connectivity index (χ2v) is 4.37. The normalized spacial score (nSPS) is 16.9. The van der Waals surface area contributed by atoms with Gasteiger partial charge in [0.25, 0.3) is 0 Å². The van der Waals surface area contributed by atoms with Crippen LogP contribution in [0, 0.1) is 0 Å². The highest BCUT2D eigenvalue weighted by Crippen LogP contribution is 2.33. The van der Waals surface area contributed by atoms with E-state index in [1.165, 1.54) is 11.3 Å². The van der Waals surface area contributed by atoms with Crippen LogP contribution in [0.5, 0.6) is 0 Å². The summed E-state index contributed by atoms with van der Waals surface area (Å²) in [5.41, 5.74) is 4.34. The molecule has 0 atom stereocenters. The van der Waals surface area contributed by atoms with Crippen molar-refractivity contribution in [3.63, 3.8) is 0 Å². The van der Waals surface area contributed by atoms with Crippen molar-refractivity contribution in [2.75, 3.05) is 0 Å². The molecule has 0 saturated heterocycles. The molecule has 0 fully saturated rings. The monoisotopic (exact) mass is 239 g/mol. The quantitative estimate of drug-likeness (QED) is 0.707. The summed E-state index contributed by atoms with van der Waals surface area (Å²) in [6, 6.07) is 1.93. The van der Waals surface area contributed by atoms with Gasteiger partial charge in [-0.1, -0.05) is 0 Å². The molecule has 0 saturated carbocycles. The summed E-state index contributed by atoms with van der Waals surface area (Å²) in [7, 11) is 0. The number of aromatic nitrogens is 4. The van der Waals surface area contributed by atoms with Crippen LogP contribution in [0.1, 0.15) is 25.1 Å². The molecule has 0 aromatic carbocycles. The molecule has 3 N–H and O–H groups in total. The van der Waals surface area contributed by atoms with Gasteiger partial charge in [-0.15, -0.1) is 12.4 Å². The third-order valence-corrected chi connectivity index (χ3v) is 2.96. The first-order chi connectivity index (χ1) is 7.18. The smallest absolute Gasteiger partial charge is 0.115 e. The first-order valence-electron chi connectivity index (χ1n) is 5.01. The maximum Gasteiger partial charge on any atom is 0.115 e. The summed E-state index contributed by atoms with van der Waals surface area (Å²) in [6.07, 6.45) is 1.74. The summed E-state index contributed by atoms with van der Waals surface area (Å²) in [5.74, 6) is 0.